The quantitative estimate of drug-likeness (QED) is 0.856. The fourth-order valence-electron chi connectivity index (χ4n) is 1.63. The Labute approximate surface area is 120 Å². The lowest BCUT2D eigenvalue weighted by molar-refractivity contribution is -0.111. The van der Waals surface area contributed by atoms with Crippen molar-refractivity contribution in [2.24, 2.45) is 0 Å². The van der Waals surface area contributed by atoms with Crippen LogP contribution in [0.15, 0.2) is 51.6 Å². The Bertz CT molecular complexity index is 602. The number of benzene rings is 1. The molecular formula is C15H14BrNO2. The van der Waals surface area contributed by atoms with E-state index in [2.05, 4.69) is 28.2 Å². The highest BCUT2D eigenvalue weighted by molar-refractivity contribution is 9.10. The van der Waals surface area contributed by atoms with Crippen molar-refractivity contribution in [1.29, 1.82) is 0 Å². The summed E-state index contributed by atoms with van der Waals surface area (Å²) < 4.78 is 5.91. The van der Waals surface area contributed by atoms with Crippen LogP contribution in [0.25, 0.3) is 6.08 Å². The van der Waals surface area contributed by atoms with Crippen LogP contribution < -0.4 is 5.32 Å². The molecule has 1 aromatic heterocycles. The fraction of sp³-hybridized carbons (Fsp3) is 0.133. The number of carbonyl (C=O) groups is 1. The van der Waals surface area contributed by atoms with Crippen LogP contribution in [0, 0.1) is 0 Å². The maximum absolute atomic E-state index is 11.7. The second-order valence-electron chi connectivity index (χ2n) is 4.02. The van der Waals surface area contributed by atoms with Gasteiger partial charge in [-0.2, -0.15) is 0 Å². The van der Waals surface area contributed by atoms with Crippen molar-refractivity contribution >= 4 is 33.6 Å². The Morgan fingerprint density at radius 3 is 2.89 bits per heavy atom. The number of furan rings is 1. The number of amides is 1. The van der Waals surface area contributed by atoms with Crippen LogP contribution in [-0.4, -0.2) is 5.91 Å². The molecule has 98 valence electrons. The number of rotatable bonds is 4. The molecule has 0 radical (unpaired) electrons. The van der Waals surface area contributed by atoms with E-state index in [0.717, 1.165) is 12.1 Å². The number of nitrogens with one attached hydrogen (secondary N) is 1. The van der Waals surface area contributed by atoms with Gasteiger partial charge in [-0.1, -0.05) is 19.1 Å². The van der Waals surface area contributed by atoms with E-state index >= 15 is 0 Å². The molecule has 0 spiro atoms. The summed E-state index contributed by atoms with van der Waals surface area (Å²) in [6.45, 7) is 2.08. The number of aryl methyl sites for hydroxylation is 1. The molecule has 0 fully saturated rings. The molecule has 3 nitrogen and oxygen atoms in total. The molecule has 1 amide bonds. The van der Waals surface area contributed by atoms with Gasteiger partial charge in [-0.15, -0.1) is 0 Å². The summed E-state index contributed by atoms with van der Waals surface area (Å²) in [7, 11) is 0. The predicted molar refractivity (Wildman–Crippen MR) is 79.9 cm³/mol. The number of carbonyl (C=O) groups excluding carboxylic acids is 1. The third-order valence-corrected chi connectivity index (χ3v) is 3.02. The van der Waals surface area contributed by atoms with Crippen LogP contribution in [0.4, 0.5) is 5.69 Å². The van der Waals surface area contributed by atoms with Crippen LogP contribution >= 0.6 is 15.9 Å². The monoisotopic (exact) mass is 319 g/mol. The van der Waals surface area contributed by atoms with Gasteiger partial charge < -0.3 is 9.73 Å². The smallest absolute Gasteiger partial charge is 0.248 e. The minimum absolute atomic E-state index is 0.180. The molecule has 0 saturated heterocycles. The minimum Gasteiger partial charge on any atom is -0.450 e. The topological polar surface area (TPSA) is 42.2 Å². The summed E-state index contributed by atoms with van der Waals surface area (Å²) in [4.78, 5) is 11.7. The molecule has 1 aromatic carbocycles. The Balaban J connectivity index is 1.99. The number of hydrogen-bond acceptors (Lipinski definition) is 2. The van der Waals surface area contributed by atoms with E-state index in [1.807, 2.05) is 24.3 Å². The van der Waals surface area contributed by atoms with Gasteiger partial charge in [-0.05, 0) is 58.3 Å². The van der Waals surface area contributed by atoms with E-state index in [-0.39, 0.29) is 5.91 Å². The number of hydrogen-bond donors (Lipinski definition) is 1. The average Bonchev–Trinajstić information content (AvgIpc) is 2.82. The Kier molecular flexibility index (Phi) is 4.58. The Morgan fingerprint density at radius 2 is 2.21 bits per heavy atom. The molecule has 2 aromatic rings. The van der Waals surface area contributed by atoms with E-state index in [1.54, 1.807) is 18.2 Å². The summed E-state index contributed by atoms with van der Waals surface area (Å²) in [5.74, 6) is 0.449. The zero-order chi connectivity index (χ0) is 13.7. The van der Waals surface area contributed by atoms with Crippen molar-refractivity contribution in [2.75, 3.05) is 5.32 Å². The molecule has 0 saturated carbocycles. The van der Waals surface area contributed by atoms with E-state index in [9.17, 15) is 4.79 Å². The molecule has 2 rings (SSSR count). The zero-order valence-electron chi connectivity index (χ0n) is 10.5. The Morgan fingerprint density at radius 1 is 1.37 bits per heavy atom. The first-order valence-electron chi connectivity index (χ1n) is 6.00. The molecular weight excluding hydrogens is 306 g/mol. The van der Waals surface area contributed by atoms with E-state index in [1.165, 1.54) is 11.6 Å². The van der Waals surface area contributed by atoms with Gasteiger partial charge in [-0.3, -0.25) is 4.79 Å². The van der Waals surface area contributed by atoms with Gasteiger partial charge in [0.05, 0.1) is 0 Å². The van der Waals surface area contributed by atoms with Gasteiger partial charge in [0.1, 0.15) is 5.76 Å². The minimum atomic E-state index is -0.180. The predicted octanol–water partition coefficient (Wildman–Crippen LogP) is 4.26. The SMILES string of the molecule is CCc1cccc(NC(=O)C=Cc2ccc(Br)o2)c1. The number of halogens is 1. The summed E-state index contributed by atoms with van der Waals surface area (Å²) in [5, 5.41) is 2.81. The number of anilines is 1. The average molecular weight is 320 g/mol. The lowest BCUT2D eigenvalue weighted by atomic mass is 10.1. The fourth-order valence-corrected chi connectivity index (χ4v) is 1.95. The summed E-state index contributed by atoms with van der Waals surface area (Å²) in [6, 6.07) is 11.4. The van der Waals surface area contributed by atoms with Crippen LogP contribution in [-0.2, 0) is 11.2 Å². The molecule has 0 aliphatic heterocycles. The molecule has 0 aliphatic rings. The van der Waals surface area contributed by atoms with Gasteiger partial charge in [0.2, 0.25) is 5.91 Å². The van der Waals surface area contributed by atoms with Crippen molar-refractivity contribution < 1.29 is 9.21 Å². The highest BCUT2D eigenvalue weighted by Crippen LogP contribution is 2.15. The summed E-state index contributed by atoms with van der Waals surface area (Å²) >= 11 is 3.21. The molecule has 19 heavy (non-hydrogen) atoms. The maximum Gasteiger partial charge on any atom is 0.248 e. The van der Waals surface area contributed by atoms with E-state index < -0.39 is 0 Å². The van der Waals surface area contributed by atoms with E-state index in [0.29, 0.717) is 10.4 Å². The van der Waals surface area contributed by atoms with Crippen LogP contribution in [0.2, 0.25) is 0 Å². The second kappa shape index (κ2) is 6.38. The molecule has 1 N–H and O–H groups in total. The third-order valence-electron chi connectivity index (χ3n) is 2.60. The van der Waals surface area contributed by atoms with Crippen molar-refractivity contribution in [3.05, 3.63) is 58.5 Å². The molecule has 0 unspecified atom stereocenters. The van der Waals surface area contributed by atoms with Crippen molar-refractivity contribution in [1.82, 2.24) is 0 Å². The summed E-state index contributed by atoms with van der Waals surface area (Å²) in [5.41, 5.74) is 1.99. The lowest BCUT2D eigenvalue weighted by Gasteiger charge is -2.03. The normalized spacial score (nSPS) is 10.8. The first-order valence-corrected chi connectivity index (χ1v) is 6.80. The lowest BCUT2D eigenvalue weighted by Crippen LogP contribution is -2.07. The van der Waals surface area contributed by atoms with Gasteiger partial charge >= 0.3 is 0 Å². The summed E-state index contributed by atoms with van der Waals surface area (Å²) in [6.07, 6.45) is 4.02. The first-order chi connectivity index (χ1) is 9.17. The highest BCUT2D eigenvalue weighted by Gasteiger charge is 2.00. The zero-order valence-corrected chi connectivity index (χ0v) is 12.1. The molecule has 0 bridgehead atoms. The molecule has 0 atom stereocenters. The van der Waals surface area contributed by atoms with Gasteiger partial charge in [0, 0.05) is 11.8 Å². The molecule has 4 heteroatoms. The standard InChI is InChI=1S/C15H14BrNO2/c1-2-11-4-3-5-12(10-11)17-15(18)9-7-13-6-8-14(16)19-13/h3-10H,2H2,1H3,(H,17,18). The third kappa shape index (κ3) is 4.10. The van der Waals surface area contributed by atoms with Crippen LogP contribution in [0.1, 0.15) is 18.2 Å². The molecule has 1 heterocycles. The Hall–Kier alpha value is -1.81. The van der Waals surface area contributed by atoms with Crippen LogP contribution in [0.5, 0.6) is 0 Å². The second-order valence-corrected chi connectivity index (χ2v) is 4.80. The van der Waals surface area contributed by atoms with Crippen molar-refractivity contribution in [3.8, 4) is 0 Å². The molecule has 0 aliphatic carbocycles. The highest BCUT2D eigenvalue weighted by atomic mass is 79.9. The maximum atomic E-state index is 11.7. The first kappa shape index (κ1) is 13.6. The van der Waals surface area contributed by atoms with Gasteiger partial charge in [0.15, 0.2) is 4.67 Å². The van der Waals surface area contributed by atoms with Gasteiger partial charge in [0.25, 0.3) is 0 Å². The largest absolute Gasteiger partial charge is 0.450 e. The van der Waals surface area contributed by atoms with Crippen molar-refractivity contribution in [2.45, 2.75) is 13.3 Å². The van der Waals surface area contributed by atoms with Crippen LogP contribution in [0.3, 0.4) is 0 Å². The van der Waals surface area contributed by atoms with Crippen molar-refractivity contribution in [3.63, 3.8) is 0 Å². The van der Waals surface area contributed by atoms with E-state index in [4.69, 9.17) is 4.42 Å². The van der Waals surface area contributed by atoms with Gasteiger partial charge in [-0.25, -0.2) is 0 Å².